The van der Waals surface area contributed by atoms with E-state index in [0.717, 1.165) is 5.56 Å². The molecule has 4 aromatic rings. The van der Waals surface area contributed by atoms with Crippen molar-refractivity contribution in [2.45, 2.75) is 64.2 Å². The Labute approximate surface area is 271 Å². The Bertz CT molecular complexity index is 1720. The van der Waals surface area contributed by atoms with Gasteiger partial charge in [-0.05, 0) is 37.5 Å². The van der Waals surface area contributed by atoms with Gasteiger partial charge in [-0.1, -0.05) is 48.5 Å². The van der Waals surface area contributed by atoms with Crippen molar-refractivity contribution in [1.29, 1.82) is 0 Å². The van der Waals surface area contributed by atoms with Gasteiger partial charge in [-0.15, -0.1) is 0 Å². The van der Waals surface area contributed by atoms with Crippen molar-refractivity contribution in [2.75, 3.05) is 18.9 Å². The monoisotopic (exact) mass is 668 g/mol. The SMILES string of the molecule is CCOC(=O)CCc1ccccc1OP(=O)(NC(C)C(=O)OCc1ccccc1)OC[C@@H]1C[C@@H](O)[C@H](n2cnc3c(N)ncnc32)O1. The van der Waals surface area contributed by atoms with Gasteiger partial charge in [-0.25, -0.2) is 19.5 Å². The molecule has 250 valence electrons. The number of para-hydroxylation sites is 1. The zero-order chi connectivity index (χ0) is 33.4. The summed E-state index contributed by atoms with van der Waals surface area (Å²) >= 11 is 0. The number of anilines is 1. The number of hydrogen-bond donors (Lipinski definition) is 3. The normalized spacial score (nSPS) is 19.6. The number of hydrogen-bond acceptors (Lipinski definition) is 13. The van der Waals surface area contributed by atoms with E-state index in [-0.39, 0.29) is 56.6 Å². The standard InChI is InChI=1S/C31H37N6O9P/c1-3-42-26(39)14-13-22-11-7-8-12-25(22)46-47(41,36-20(2)31(40)43-16-21-9-5-4-6-10-21)44-17-23-15-24(38)30(45-23)37-19-35-27-28(32)33-18-34-29(27)37/h4-12,18-20,23-24,30,38H,3,13-17H2,1-2H3,(H,36,41)(H2,32,33,34)/t20?,23-,24+,30+,47?/m0/s1. The topological polar surface area (TPSA) is 199 Å². The van der Waals surface area contributed by atoms with Gasteiger partial charge in [0.05, 0.1) is 25.6 Å². The number of nitrogen functional groups attached to an aromatic ring is 1. The number of nitrogens with one attached hydrogen (secondary N) is 1. The Balaban J connectivity index is 1.30. The van der Waals surface area contributed by atoms with Gasteiger partial charge in [-0.2, -0.15) is 5.09 Å². The summed E-state index contributed by atoms with van der Waals surface area (Å²) in [6.45, 7) is 3.18. The molecule has 2 aromatic carbocycles. The number of benzene rings is 2. The lowest BCUT2D eigenvalue weighted by molar-refractivity contribution is -0.146. The Morgan fingerprint density at radius 2 is 1.89 bits per heavy atom. The van der Waals surface area contributed by atoms with Gasteiger partial charge in [-0.3, -0.25) is 18.7 Å². The van der Waals surface area contributed by atoms with Gasteiger partial charge in [0.15, 0.2) is 17.7 Å². The fourth-order valence-corrected chi connectivity index (χ4v) is 6.52. The molecule has 5 rings (SSSR count). The summed E-state index contributed by atoms with van der Waals surface area (Å²) < 4.78 is 44.2. The van der Waals surface area contributed by atoms with Crippen LogP contribution in [0.2, 0.25) is 0 Å². The number of esters is 2. The number of carbonyl (C=O) groups excluding carboxylic acids is 2. The molecule has 1 aliphatic heterocycles. The number of aryl methyl sites for hydroxylation is 1. The van der Waals surface area contributed by atoms with Crippen LogP contribution < -0.4 is 15.3 Å². The number of rotatable bonds is 15. The van der Waals surface area contributed by atoms with Gasteiger partial charge >= 0.3 is 19.7 Å². The highest BCUT2D eigenvalue weighted by Crippen LogP contribution is 2.47. The molecular weight excluding hydrogens is 631 g/mol. The van der Waals surface area contributed by atoms with E-state index in [4.69, 9.17) is 29.0 Å². The maximum absolute atomic E-state index is 14.3. The number of nitrogens with two attached hydrogens (primary N) is 1. The smallest absolute Gasteiger partial charge is 0.459 e. The van der Waals surface area contributed by atoms with Gasteiger partial charge in [0.1, 0.15) is 36.3 Å². The summed E-state index contributed by atoms with van der Waals surface area (Å²) in [5.41, 5.74) is 7.99. The fraction of sp³-hybridized carbons (Fsp3) is 0.387. The Morgan fingerprint density at radius 1 is 1.13 bits per heavy atom. The minimum absolute atomic E-state index is 0.0170. The second kappa shape index (κ2) is 15.5. The average molecular weight is 669 g/mol. The van der Waals surface area contributed by atoms with Gasteiger partial charge < -0.3 is 29.6 Å². The highest BCUT2D eigenvalue weighted by Gasteiger charge is 2.40. The molecule has 4 N–H and O–H groups in total. The Morgan fingerprint density at radius 3 is 2.68 bits per heavy atom. The lowest BCUT2D eigenvalue weighted by Crippen LogP contribution is -2.35. The van der Waals surface area contributed by atoms with Gasteiger partial charge in [0.2, 0.25) is 0 Å². The first-order valence-corrected chi connectivity index (χ1v) is 16.6. The van der Waals surface area contributed by atoms with Crippen LogP contribution in [-0.4, -0.2) is 68.0 Å². The van der Waals surface area contributed by atoms with E-state index >= 15 is 0 Å². The number of aliphatic hydroxyl groups excluding tert-OH is 1. The van der Waals surface area contributed by atoms with Crippen LogP contribution in [-0.2, 0) is 45.9 Å². The fourth-order valence-electron chi connectivity index (χ4n) is 4.96. The van der Waals surface area contributed by atoms with Crippen molar-refractivity contribution in [3.63, 3.8) is 0 Å². The van der Waals surface area contributed by atoms with E-state index in [1.807, 2.05) is 30.3 Å². The minimum Gasteiger partial charge on any atom is -0.466 e. The van der Waals surface area contributed by atoms with Crippen LogP contribution in [0.5, 0.6) is 5.75 Å². The van der Waals surface area contributed by atoms with Gasteiger partial charge in [0.25, 0.3) is 0 Å². The zero-order valence-electron chi connectivity index (χ0n) is 25.9. The summed E-state index contributed by atoms with van der Waals surface area (Å²) in [5.74, 6) is -0.701. The van der Waals surface area contributed by atoms with Crippen LogP contribution in [0, 0.1) is 0 Å². The molecule has 2 unspecified atom stereocenters. The third-order valence-corrected chi connectivity index (χ3v) is 8.91. The molecule has 1 aliphatic rings. The van der Waals surface area contributed by atoms with E-state index in [0.29, 0.717) is 16.7 Å². The molecule has 0 aliphatic carbocycles. The van der Waals surface area contributed by atoms with Crippen LogP contribution in [0.15, 0.2) is 67.3 Å². The molecule has 16 heteroatoms. The van der Waals surface area contributed by atoms with E-state index < -0.39 is 38.2 Å². The van der Waals surface area contributed by atoms with Crippen LogP contribution in [0.4, 0.5) is 5.82 Å². The van der Waals surface area contributed by atoms with Gasteiger partial charge in [0, 0.05) is 12.8 Å². The summed E-state index contributed by atoms with van der Waals surface area (Å²) in [5, 5.41) is 13.5. The van der Waals surface area contributed by atoms with Crippen molar-refractivity contribution < 1.29 is 42.5 Å². The maximum atomic E-state index is 14.3. The molecule has 47 heavy (non-hydrogen) atoms. The minimum atomic E-state index is -4.32. The number of nitrogens with zero attached hydrogens (tertiary/aromatic N) is 4. The van der Waals surface area contributed by atoms with Crippen molar-refractivity contribution in [1.82, 2.24) is 24.6 Å². The van der Waals surface area contributed by atoms with Crippen molar-refractivity contribution in [2.24, 2.45) is 0 Å². The number of aromatic nitrogens is 4. The highest BCUT2D eigenvalue weighted by atomic mass is 31.2. The summed E-state index contributed by atoms with van der Waals surface area (Å²) in [7, 11) is -4.32. The first-order valence-electron chi connectivity index (χ1n) is 15.1. The molecule has 1 saturated heterocycles. The zero-order valence-corrected chi connectivity index (χ0v) is 26.8. The predicted octanol–water partition coefficient (Wildman–Crippen LogP) is 3.48. The van der Waals surface area contributed by atoms with Crippen LogP contribution in [0.25, 0.3) is 11.2 Å². The van der Waals surface area contributed by atoms with Crippen molar-refractivity contribution in [3.8, 4) is 5.75 Å². The third kappa shape index (κ3) is 8.70. The molecule has 2 aromatic heterocycles. The molecule has 0 saturated carbocycles. The molecule has 0 spiro atoms. The van der Waals surface area contributed by atoms with Crippen LogP contribution >= 0.6 is 7.75 Å². The van der Waals surface area contributed by atoms with Crippen LogP contribution in [0.1, 0.15) is 44.0 Å². The lowest BCUT2D eigenvalue weighted by atomic mass is 10.1. The first kappa shape index (κ1) is 33.9. The predicted molar refractivity (Wildman–Crippen MR) is 169 cm³/mol. The third-order valence-electron chi connectivity index (χ3n) is 7.28. The number of aliphatic hydroxyl groups is 1. The number of ether oxygens (including phenoxy) is 3. The molecule has 1 fully saturated rings. The van der Waals surface area contributed by atoms with E-state index in [2.05, 4.69) is 20.0 Å². The molecule has 5 atom stereocenters. The summed E-state index contributed by atoms with van der Waals surface area (Å²) in [4.78, 5) is 37.3. The summed E-state index contributed by atoms with van der Waals surface area (Å²) in [6, 6.07) is 14.8. The first-order chi connectivity index (χ1) is 22.7. The van der Waals surface area contributed by atoms with E-state index in [1.165, 1.54) is 24.1 Å². The van der Waals surface area contributed by atoms with Crippen molar-refractivity contribution in [3.05, 3.63) is 78.4 Å². The molecule has 15 nitrogen and oxygen atoms in total. The Kier molecular flexibility index (Phi) is 11.2. The molecule has 3 heterocycles. The number of carbonyl (C=O) groups is 2. The molecule has 0 amide bonds. The summed E-state index contributed by atoms with van der Waals surface area (Å²) in [6.07, 6.45) is 0.569. The van der Waals surface area contributed by atoms with Crippen LogP contribution in [0.3, 0.4) is 0 Å². The maximum Gasteiger partial charge on any atom is 0.459 e. The second-order valence-corrected chi connectivity index (χ2v) is 12.5. The Hall–Kier alpha value is -4.40. The second-order valence-electron chi connectivity index (χ2n) is 10.8. The molecule has 0 radical (unpaired) electrons. The van der Waals surface area contributed by atoms with E-state index in [1.54, 1.807) is 31.2 Å². The molecule has 0 bridgehead atoms. The number of imidazole rings is 1. The largest absolute Gasteiger partial charge is 0.466 e. The molecular formula is C31H37N6O9P. The highest BCUT2D eigenvalue weighted by molar-refractivity contribution is 7.52. The van der Waals surface area contributed by atoms with E-state index in [9.17, 15) is 19.3 Å². The quantitative estimate of drug-likeness (QED) is 0.123. The lowest BCUT2D eigenvalue weighted by Gasteiger charge is -2.25. The number of fused-ring (bicyclic) bond motifs is 1. The average Bonchev–Trinajstić information content (AvgIpc) is 3.66. The van der Waals surface area contributed by atoms with Crippen molar-refractivity contribution >= 4 is 36.7 Å².